The Kier molecular flexibility index (Phi) is 6.01. The van der Waals surface area contributed by atoms with Crippen molar-refractivity contribution in [2.45, 2.75) is 19.4 Å². The normalized spacial score (nSPS) is 14.5. The Hall–Kier alpha value is -3.23. The van der Waals surface area contributed by atoms with Gasteiger partial charge in [0.1, 0.15) is 0 Å². The van der Waals surface area contributed by atoms with Crippen molar-refractivity contribution in [3.8, 4) is 0 Å². The summed E-state index contributed by atoms with van der Waals surface area (Å²) in [4.78, 5) is 40.4. The molecule has 0 amide bonds. The van der Waals surface area contributed by atoms with Crippen LogP contribution >= 0.6 is 11.6 Å². The predicted molar refractivity (Wildman–Crippen MR) is 121 cm³/mol. The van der Waals surface area contributed by atoms with Crippen LogP contribution in [0, 0.1) is 10.1 Å². The van der Waals surface area contributed by atoms with Crippen LogP contribution in [0.15, 0.2) is 58.1 Å². The summed E-state index contributed by atoms with van der Waals surface area (Å²) < 4.78 is 1.12. The number of aromatic nitrogens is 2. The summed E-state index contributed by atoms with van der Waals surface area (Å²) in [6, 6.07) is 11.7. The van der Waals surface area contributed by atoms with Crippen molar-refractivity contribution in [1.29, 1.82) is 0 Å². The Balaban J connectivity index is 1.42. The first-order valence-electron chi connectivity index (χ1n) is 10.0. The van der Waals surface area contributed by atoms with E-state index in [4.69, 9.17) is 11.6 Å². The van der Waals surface area contributed by atoms with Crippen molar-refractivity contribution >= 4 is 33.8 Å². The molecule has 2 aromatic carbocycles. The molecule has 1 aliphatic rings. The third-order valence-corrected chi connectivity index (χ3v) is 5.79. The Morgan fingerprint density at radius 2 is 1.87 bits per heavy atom. The van der Waals surface area contributed by atoms with Crippen LogP contribution in [0.25, 0.3) is 16.5 Å². The fraction of sp³-hybridized carbons (Fsp3) is 0.273. The molecule has 1 aliphatic heterocycles. The number of hydrogen-bond acceptors (Lipinski definition) is 5. The molecular weight excluding hydrogens is 420 g/mol. The highest BCUT2D eigenvalue weighted by molar-refractivity contribution is 6.30. The maximum atomic E-state index is 12.7. The molecule has 0 radical (unpaired) electrons. The monoisotopic (exact) mass is 440 g/mol. The molecule has 0 unspecified atom stereocenters. The lowest BCUT2D eigenvalue weighted by Crippen LogP contribution is -2.37. The number of aromatic amines is 1. The minimum absolute atomic E-state index is 0.141. The molecule has 4 rings (SSSR count). The highest BCUT2D eigenvalue weighted by atomic mass is 35.5. The summed E-state index contributed by atoms with van der Waals surface area (Å²) in [6.45, 7) is 2.68. The summed E-state index contributed by atoms with van der Waals surface area (Å²) in [7, 11) is 0. The van der Waals surface area contributed by atoms with Gasteiger partial charge in [-0.1, -0.05) is 29.8 Å². The van der Waals surface area contributed by atoms with Gasteiger partial charge >= 0.3 is 5.69 Å². The molecule has 0 atom stereocenters. The molecule has 9 heteroatoms. The molecule has 31 heavy (non-hydrogen) atoms. The smallest absolute Gasteiger partial charge is 0.307 e. The van der Waals surface area contributed by atoms with Gasteiger partial charge < -0.3 is 4.98 Å². The molecule has 8 nitrogen and oxygen atoms in total. The van der Waals surface area contributed by atoms with Crippen molar-refractivity contribution in [2.75, 3.05) is 19.6 Å². The summed E-state index contributed by atoms with van der Waals surface area (Å²) in [5, 5.41) is 11.9. The second-order valence-corrected chi connectivity index (χ2v) is 7.95. The summed E-state index contributed by atoms with van der Waals surface area (Å²) >= 11 is 5.95. The molecule has 1 aromatic heterocycles. The first kappa shape index (κ1) is 21.0. The van der Waals surface area contributed by atoms with Gasteiger partial charge in [0.05, 0.1) is 15.8 Å². The average Bonchev–Trinajstić information content (AvgIpc) is 2.77. The molecule has 3 aromatic rings. The number of nitrogens with one attached hydrogen (secondary N) is 1. The number of nitro benzene ring substituents is 1. The Morgan fingerprint density at radius 3 is 2.55 bits per heavy atom. The van der Waals surface area contributed by atoms with Crippen LogP contribution in [-0.2, 0) is 6.54 Å². The maximum Gasteiger partial charge on any atom is 0.328 e. The molecule has 0 saturated heterocycles. The quantitative estimate of drug-likeness (QED) is 0.467. The zero-order valence-corrected chi connectivity index (χ0v) is 17.5. The van der Waals surface area contributed by atoms with E-state index in [9.17, 15) is 19.7 Å². The van der Waals surface area contributed by atoms with Gasteiger partial charge in [0, 0.05) is 43.3 Å². The highest BCUT2D eigenvalue weighted by Crippen LogP contribution is 2.23. The van der Waals surface area contributed by atoms with Crippen LogP contribution in [0.4, 0.5) is 5.69 Å². The van der Waals surface area contributed by atoms with E-state index in [0.717, 1.165) is 35.6 Å². The number of nitrogens with zero attached hydrogens (tertiary/aromatic N) is 3. The van der Waals surface area contributed by atoms with Crippen LogP contribution in [0.3, 0.4) is 0 Å². The third kappa shape index (κ3) is 4.60. The van der Waals surface area contributed by atoms with Gasteiger partial charge in [-0.05, 0) is 42.2 Å². The number of non-ortho nitro benzene ring substituents is 1. The van der Waals surface area contributed by atoms with Gasteiger partial charge in [-0.15, -0.1) is 0 Å². The van der Waals surface area contributed by atoms with Gasteiger partial charge in [-0.25, -0.2) is 4.79 Å². The standard InChI is InChI=1S/C22H21ClN4O4/c23-17-4-2-15(3-5-17)16-8-12-25(13-9-16)10-1-11-26-21(28)19-14-18(27(30)31)6-7-20(19)24-22(26)29/h2-8,14H,1,9-13H2,(H,24,29). The van der Waals surface area contributed by atoms with Crippen LogP contribution in [0.1, 0.15) is 18.4 Å². The average molecular weight is 441 g/mol. The molecule has 0 bridgehead atoms. The van der Waals surface area contributed by atoms with Gasteiger partial charge in [-0.3, -0.25) is 24.4 Å². The molecule has 0 spiro atoms. The second-order valence-electron chi connectivity index (χ2n) is 7.51. The van der Waals surface area contributed by atoms with Gasteiger partial charge in [0.25, 0.3) is 11.2 Å². The number of hydrogen-bond donors (Lipinski definition) is 1. The van der Waals surface area contributed by atoms with E-state index in [1.54, 1.807) is 0 Å². The van der Waals surface area contributed by atoms with E-state index in [1.807, 2.05) is 24.3 Å². The number of halogens is 1. The van der Waals surface area contributed by atoms with E-state index >= 15 is 0 Å². The lowest BCUT2D eigenvalue weighted by atomic mass is 9.99. The summed E-state index contributed by atoms with van der Waals surface area (Å²) in [5.41, 5.74) is 1.57. The molecule has 160 valence electrons. The fourth-order valence-electron chi connectivity index (χ4n) is 3.85. The number of benzene rings is 2. The molecular formula is C22H21ClN4O4. The predicted octanol–water partition coefficient (Wildman–Crippen LogP) is 3.43. The molecule has 0 saturated carbocycles. The van der Waals surface area contributed by atoms with Crippen LogP contribution < -0.4 is 11.2 Å². The van der Waals surface area contributed by atoms with E-state index in [2.05, 4.69) is 16.0 Å². The number of H-pyrrole nitrogens is 1. The van der Waals surface area contributed by atoms with Gasteiger partial charge in [-0.2, -0.15) is 0 Å². The van der Waals surface area contributed by atoms with Crippen LogP contribution in [0.2, 0.25) is 5.02 Å². The van der Waals surface area contributed by atoms with Crippen molar-refractivity contribution in [2.24, 2.45) is 0 Å². The minimum Gasteiger partial charge on any atom is -0.307 e. The third-order valence-electron chi connectivity index (χ3n) is 5.54. The van der Waals surface area contributed by atoms with E-state index in [1.165, 1.54) is 29.3 Å². The van der Waals surface area contributed by atoms with Crippen molar-refractivity contribution in [1.82, 2.24) is 14.5 Å². The van der Waals surface area contributed by atoms with Gasteiger partial charge in [0.15, 0.2) is 0 Å². The maximum absolute atomic E-state index is 12.7. The van der Waals surface area contributed by atoms with E-state index in [-0.39, 0.29) is 17.6 Å². The zero-order chi connectivity index (χ0) is 22.0. The number of rotatable bonds is 6. The summed E-state index contributed by atoms with van der Waals surface area (Å²) in [6.07, 6.45) is 3.73. The van der Waals surface area contributed by atoms with E-state index in [0.29, 0.717) is 11.9 Å². The van der Waals surface area contributed by atoms with Crippen LogP contribution in [-0.4, -0.2) is 39.0 Å². The lowest BCUT2D eigenvalue weighted by Gasteiger charge is -2.26. The molecule has 0 fully saturated rings. The van der Waals surface area contributed by atoms with Gasteiger partial charge in [0.2, 0.25) is 0 Å². The topological polar surface area (TPSA) is 101 Å². The lowest BCUT2D eigenvalue weighted by molar-refractivity contribution is -0.384. The van der Waals surface area contributed by atoms with Crippen molar-refractivity contribution in [3.05, 3.63) is 90.1 Å². The Morgan fingerprint density at radius 1 is 1.10 bits per heavy atom. The number of nitro groups is 1. The van der Waals surface area contributed by atoms with E-state index < -0.39 is 16.2 Å². The first-order chi connectivity index (χ1) is 14.9. The Bertz CT molecular complexity index is 1280. The van der Waals surface area contributed by atoms with Crippen molar-refractivity contribution < 1.29 is 4.92 Å². The Labute approximate surface area is 182 Å². The number of fused-ring (bicyclic) bond motifs is 1. The van der Waals surface area contributed by atoms with Crippen molar-refractivity contribution in [3.63, 3.8) is 0 Å². The summed E-state index contributed by atoms with van der Waals surface area (Å²) in [5.74, 6) is 0. The largest absolute Gasteiger partial charge is 0.328 e. The molecule has 1 N–H and O–H groups in total. The fourth-order valence-corrected chi connectivity index (χ4v) is 3.97. The molecule has 2 heterocycles. The highest BCUT2D eigenvalue weighted by Gasteiger charge is 2.15. The zero-order valence-electron chi connectivity index (χ0n) is 16.7. The minimum atomic E-state index is -0.559. The molecule has 0 aliphatic carbocycles. The SMILES string of the molecule is O=c1[nH]c2ccc([N+](=O)[O-])cc2c(=O)n1CCCN1CC=C(c2ccc(Cl)cc2)CC1. The first-order valence-corrected chi connectivity index (χ1v) is 10.4. The second kappa shape index (κ2) is 8.87. The van der Waals surface area contributed by atoms with Crippen LogP contribution in [0.5, 0.6) is 0 Å².